The zero-order valence-corrected chi connectivity index (χ0v) is 17.3. The Kier molecular flexibility index (Phi) is 5.58. The molecule has 0 atom stereocenters. The maximum Gasteiger partial charge on any atom is 0.318 e. The Morgan fingerprint density at radius 2 is 1.67 bits per heavy atom. The smallest absolute Gasteiger partial charge is 0.318 e. The molecule has 1 aliphatic rings. The van der Waals surface area contributed by atoms with Crippen LogP contribution in [-0.2, 0) is 21.9 Å². The van der Waals surface area contributed by atoms with Crippen molar-refractivity contribution in [2.24, 2.45) is 0 Å². The van der Waals surface area contributed by atoms with Crippen LogP contribution in [0.3, 0.4) is 0 Å². The van der Waals surface area contributed by atoms with Crippen LogP contribution < -0.4 is 4.90 Å². The fourth-order valence-corrected chi connectivity index (χ4v) is 4.59. The van der Waals surface area contributed by atoms with Crippen LogP contribution in [0.25, 0.3) is 0 Å². The maximum absolute atomic E-state index is 12.7. The first-order valence-corrected chi connectivity index (χ1v) is 10.9. The van der Waals surface area contributed by atoms with Crippen LogP contribution in [0.4, 0.5) is 6.01 Å². The van der Waals surface area contributed by atoms with Gasteiger partial charge in [0.1, 0.15) is 0 Å². The molecule has 1 aromatic carbocycles. The van der Waals surface area contributed by atoms with Crippen LogP contribution in [0.15, 0.2) is 28.7 Å². The van der Waals surface area contributed by atoms with Crippen molar-refractivity contribution >= 4 is 16.0 Å². The highest BCUT2D eigenvalue weighted by Crippen LogP contribution is 2.22. The second-order valence-corrected chi connectivity index (χ2v) is 10.1. The molecule has 0 amide bonds. The summed E-state index contributed by atoms with van der Waals surface area (Å²) in [6, 6.07) is 8.71. The molecule has 0 aliphatic carbocycles. The van der Waals surface area contributed by atoms with Crippen LogP contribution in [-0.4, -0.2) is 54.9 Å². The van der Waals surface area contributed by atoms with Crippen LogP contribution >= 0.6 is 0 Å². The van der Waals surface area contributed by atoms with Gasteiger partial charge in [0.25, 0.3) is 0 Å². The molecule has 1 saturated heterocycles. The lowest BCUT2D eigenvalue weighted by molar-refractivity contribution is 0.370. The minimum Gasteiger partial charge on any atom is -0.408 e. The number of sulfonamides is 1. The monoisotopic (exact) mass is 392 g/mol. The summed E-state index contributed by atoms with van der Waals surface area (Å²) < 4.78 is 32.4. The van der Waals surface area contributed by atoms with Gasteiger partial charge in [-0.05, 0) is 23.0 Å². The average Bonchev–Trinajstić information content (AvgIpc) is 3.06. The lowest BCUT2D eigenvalue weighted by Crippen LogP contribution is -2.49. The predicted molar refractivity (Wildman–Crippen MR) is 105 cm³/mol. The minimum atomic E-state index is -3.28. The number of aryl methyl sites for hydroxylation is 2. The summed E-state index contributed by atoms with van der Waals surface area (Å²) in [4.78, 5) is 1.93. The largest absolute Gasteiger partial charge is 0.408 e. The first-order valence-electron chi connectivity index (χ1n) is 9.27. The summed E-state index contributed by atoms with van der Waals surface area (Å²) in [5, 5.41) is 7.82. The third-order valence-corrected chi connectivity index (χ3v) is 6.76. The van der Waals surface area contributed by atoms with E-state index in [1.165, 1.54) is 5.56 Å². The summed E-state index contributed by atoms with van der Waals surface area (Å²) in [5.74, 6) is 0.638. The van der Waals surface area contributed by atoms with E-state index >= 15 is 0 Å². The van der Waals surface area contributed by atoms with Gasteiger partial charge >= 0.3 is 6.01 Å². The highest BCUT2D eigenvalue weighted by Gasteiger charge is 2.28. The molecule has 7 nitrogen and oxygen atoms in total. The topological polar surface area (TPSA) is 79.5 Å². The quantitative estimate of drug-likeness (QED) is 0.777. The molecule has 0 unspecified atom stereocenters. The van der Waals surface area contributed by atoms with Crippen molar-refractivity contribution in [3.63, 3.8) is 0 Å². The van der Waals surface area contributed by atoms with Gasteiger partial charge in [-0.2, -0.15) is 4.31 Å². The molecule has 1 fully saturated rings. The first kappa shape index (κ1) is 19.8. The summed E-state index contributed by atoms with van der Waals surface area (Å²) in [7, 11) is -3.28. The standard InChI is InChI=1S/C19H28N4O3S/c1-15-20-21-18(26-15)22-10-12-23(13-11-22)27(24,25)14-9-16-5-7-17(8-6-16)19(2,3)4/h5-8H,9-14H2,1-4H3. The Hall–Kier alpha value is -1.93. The van der Waals surface area contributed by atoms with Crippen LogP contribution in [0.1, 0.15) is 37.8 Å². The summed E-state index contributed by atoms with van der Waals surface area (Å²) in [6.07, 6.45) is 0.524. The fraction of sp³-hybridized carbons (Fsp3) is 0.579. The Morgan fingerprint density at radius 3 is 2.19 bits per heavy atom. The molecule has 0 N–H and O–H groups in total. The van der Waals surface area contributed by atoms with Crippen LogP contribution in [0, 0.1) is 6.92 Å². The average molecular weight is 393 g/mol. The van der Waals surface area contributed by atoms with Crippen LogP contribution in [0.5, 0.6) is 0 Å². The normalized spacial score (nSPS) is 16.7. The summed E-state index contributed by atoms with van der Waals surface area (Å²) in [6.45, 7) is 10.2. The number of hydrogen-bond acceptors (Lipinski definition) is 6. The van der Waals surface area contributed by atoms with Gasteiger partial charge in [0.05, 0.1) is 5.75 Å². The van der Waals surface area contributed by atoms with E-state index in [2.05, 4.69) is 43.1 Å². The number of rotatable bonds is 5. The third kappa shape index (κ3) is 4.87. The third-order valence-electron chi connectivity index (χ3n) is 4.89. The summed E-state index contributed by atoms with van der Waals surface area (Å²) >= 11 is 0. The van der Waals surface area contributed by atoms with Gasteiger partial charge in [-0.25, -0.2) is 8.42 Å². The van der Waals surface area contributed by atoms with Crippen molar-refractivity contribution in [3.8, 4) is 0 Å². The van der Waals surface area contributed by atoms with Crippen LogP contribution in [0.2, 0.25) is 0 Å². The molecule has 3 rings (SSSR count). The number of anilines is 1. The molecule has 0 bridgehead atoms. The zero-order chi connectivity index (χ0) is 19.7. The van der Waals surface area contributed by atoms with E-state index in [0.29, 0.717) is 44.5 Å². The Bertz CT molecular complexity index is 861. The molecule has 2 heterocycles. The van der Waals surface area contributed by atoms with Crippen molar-refractivity contribution in [1.29, 1.82) is 0 Å². The van der Waals surface area contributed by atoms with Crippen molar-refractivity contribution in [1.82, 2.24) is 14.5 Å². The lowest BCUT2D eigenvalue weighted by Gasteiger charge is -2.32. The summed E-state index contributed by atoms with van der Waals surface area (Å²) in [5.41, 5.74) is 2.40. The molecule has 27 heavy (non-hydrogen) atoms. The molecule has 0 saturated carbocycles. The van der Waals surface area contributed by atoms with Gasteiger partial charge in [0.2, 0.25) is 15.9 Å². The number of benzene rings is 1. The van der Waals surface area contributed by atoms with Crippen molar-refractivity contribution in [2.45, 2.75) is 39.5 Å². The van der Waals surface area contributed by atoms with E-state index in [1.807, 2.05) is 17.0 Å². The van der Waals surface area contributed by atoms with Crippen molar-refractivity contribution < 1.29 is 12.8 Å². The number of nitrogens with zero attached hydrogens (tertiary/aromatic N) is 4. The molecule has 2 aromatic rings. The van der Waals surface area contributed by atoms with E-state index in [4.69, 9.17) is 4.42 Å². The van der Waals surface area contributed by atoms with E-state index in [0.717, 1.165) is 5.56 Å². The van der Waals surface area contributed by atoms with Gasteiger partial charge in [-0.3, -0.25) is 0 Å². The van der Waals surface area contributed by atoms with Gasteiger partial charge in [0, 0.05) is 33.1 Å². The molecule has 8 heteroatoms. The molecular formula is C19H28N4O3S. The molecule has 1 aliphatic heterocycles. The van der Waals surface area contributed by atoms with Gasteiger partial charge in [0.15, 0.2) is 0 Å². The molecular weight excluding hydrogens is 364 g/mol. The molecule has 148 valence electrons. The maximum atomic E-state index is 12.7. The Labute approximate surface area is 161 Å². The van der Waals surface area contributed by atoms with E-state index in [-0.39, 0.29) is 11.2 Å². The SMILES string of the molecule is Cc1nnc(N2CCN(S(=O)(=O)CCc3ccc(C(C)(C)C)cc3)CC2)o1. The second kappa shape index (κ2) is 7.59. The second-order valence-electron chi connectivity index (χ2n) is 8.00. The van der Waals surface area contributed by atoms with Crippen molar-refractivity contribution in [3.05, 3.63) is 41.3 Å². The first-order chi connectivity index (χ1) is 12.6. The molecule has 0 radical (unpaired) electrons. The van der Waals surface area contributed by atoms with Gasteiger partial charge in [-0.1, -0.05) is 50.1 Å². The molecule has 0 spiro atoms. The van der Waals surface area contributed by atoms with E-state index < -0.39 is 10.0 Å². The lowest BCUT2D eigenvalue weighted by atomic mass is 9.86. The Balaban J connectivity index is 1.54. The number of aromatic nitrogens is 2. The van der Waals surface area contributed by atoms with Gasteiger partial charge < -0.3 is 9.32 Å². The number of piperazine rings is 1. The van der Waals surface area contributed by atoms with E-state index in [9.17, 15) is 8.42 Å². The number of hydrogen-bond donors (Lipinski definition) is 0. The van der Waals surface area contributed by atoms with E-state index in [1.54, 1.807) is 11.2 Å². The molecule has 1 aromatic heterocycles. The van der Waals surface area contributed by atoms with Gasteiger partial charge in [-0.15, -0.1) is 5.10 Å². The highest BCUT2D eigenvalue weighted by atomic mass is 32.2. The minimum absolute atomic E-state index is 0.0984. The highest BCUT2D eigenvalue weighted by molar-refractivity contribution is 7.89. The zero-order valence-electron chi connectivity index (χ0n) is 16.5. The predicted octanol–water partition coefficient (Wildman–Crippen LogP) is 2.37. The fourth-order valence-electron chi connectivity index (χ4n) is 3.12. The Morgan fingerprint density at radius 1 is 1.04 bits per heavy atom. The van der Waals surface area contributed by atoms with Crippen molar-refractivity contribution in [2.75, 3.05) is 36.8 Å².